The van der Waals surface area contributed by atoms with Crippen LogP contribution in [0, 0.1) is 29.6 Å². The maximum atomic E-state index is 12.6. The van der Waals surface area contributed by atoms with Crippen molar-refractivity contribution in [2.24, 2.45) is 0 Å². The van der Waals surface area contributed by atoms with E-state index in [4.69, 9.17) is 0 Å². The Morgan fingerprint density at radius 3 is 2.20 bits per heavy atom. The Bertz CT molecular complexity index is 769. The first-order chi connectivity index (χ1) is 12.1. The minimum Gasteiger partial charge on any atom is -0.274 e. The van der Waals surface area contributed by atoms with Crippen molar-refractivity contribution in [2.75, 3.05) is 6.54 Å². The van der Waals surface area contributed by atoms with Gasteiger partial charge in [0.25, 0.3) is 11.8 Å². The number of rotatable bonds is 8. The summed E-state index contributed by atoms with van der Waals surface area (Å²) in [6.07, 6.45) is 7.71. The number of amides is 2. The molecule has 1 aromatic rings. The van der Waals surface area contributed by atoms with E-state index in [9.17, 15) is 20.1 Å². The number of unbranched alkanes of at least 4 members (excludes halogenated alkanes) is 6. The minimum absolute atomic E-state index is 0.148. The Hall–Kier alpha value is -2.66. The normalized spacial score (nSPS) is 12.9. The number of carbonyl (C=O) groups is 2. The van der Waals surface area contributed by atoms with Crippen molar-refractivity contribution in [3.8, 4) is 12.1 Å². The van der Waals surface area contributed by atoms with E-state index in [1.807, 2.05) is 12.1 Å². The van der Waals surface area contributed by atoms with Crippen LogP contribution in [0.5, 0.6) is 0 Å². The van der Waals surface area contributed by atoms with E-state index in [0.29, 0.717) is 12.1 Å². The standard InChI is InChI=1S/C20H23N3O2/c1-3-4-5-6-7-8-9-10-23-19(24)16-11-15(12-21)14(2)17(13-22)18(16)20(23)25/h11H,3-10H2,1-2H3. The van der Waals surface area contributed by atoms with Gasteiger partial charge in [0, 0.05) is 6.54 Å². The Kier molecular flexibility index (Phi) is 6.31. The predicted octanol–water partition coefficient (Wildman–Crippen LogP) is 4.08. The minimum atomic E-state index is -0.407. The maximum Gasteiger partial charge on any atom is 0.262 e. The summed E-state index contributed by atoms with van der Waals surface area (Å²) in [5, 5.41) is 18.5. The number of nitrogens with zero attached hydrogens (tertiary/aromatic N) is 3. The van der Waals surface area contributed by atoms with Crippen molar-refractivity contribution in [1.29, 1.82) is 10.5 Å². The van der Waals surface area contributed by atoms with Gasteiger partial charge in [-0.1, -0.05) is 45.4 Å². The van der Waals surface area contributed by atoms with Crippen LogP contribution in [0.1, 0.15) is 89.3 Å². The van der Waals surface area contributed by atoms with E-state index in [1.165, 1.54) is 36.6 Å². The van der Waals surface area contributed by atoms with Crippen molar-refractivity contribution in [1.82, 2.24) is 4.90 Å². The third-order valence-corrected chi connectivity index (χ3v) is 4.74. The fourth-order valence-electron chi connectivity index (χ4n) is 3.23. The highest BCUT2D eigenvalue weighted by molar-refractivity contribution is 6.22. The molecule has 1 aliphatic heterocycles. The molecule has 0 unspecified atom stereocenters. The summed E-state index contributed by atoms with van der Waals surface area (Å²) in [6, 6.07) is 5.42. The average Bonchev–Trinajstić information content (AvgIpc) is 2.84. The number of imide groups is 1. The van der Waals surface area contributed by atoms with Gasteiger partial charge in [-0.15, -0.1) is 0 Å². The van der Waals surface area contributed by atoms with Crippen molar-refractivity contribution in [3.63, 3.8) is 0 Å². The van der Waals surface area contributed by atoms with Gasteiger partial charge in [-0.2, -0.15) is 10.5 Å². The van der Waals surface area contributed by atoms with Crippen LogP contribution >= 0.6 is 0 Å². The van der Waals surface area contributed by atoms with Gasteiger partial charge in [0.2, 0.25) is 0 Å². The highest BCUT2D eigenvalue weighted by Gasteiger charge is 2.38. The monoisotopic (exact) mass is 337 g/mol. The molecule has 25 heavy (non-hydrogen) atoms. The lowest BCUT2D eigenvalue weighted by molar-refractivity contribution is 0.0651. The number of carbonyl (C=O) groups excluding carboxylic acids is 2. The molecule has 5 nitrogen and oxygen atoms in total. The molecule has 0 radical (unpaired) electrons. The second-order valence-corrected chi connectivity index (χ2v) is 6.45. The zero-order chi connectivity index (χ0) is 18.4. The van der Waals surface area contributed by atoms with E-state index in [1.54, 1.807) is 6.92 Å². The molecule has 0 aromatic heterocycles. The predicted molar refractivity (Wildman–Crippen MR) is 94.0 cm³/mol. The van der Waals surface area contributed by atoms with Crippen LogP contribution in [-0.4, -0.2) is 23.3 Å². The van der Waals surface area contributed by atoms with E-state index in [0.717, 1.165) is 19.3 Å². The van der Waals surface area contributed by atoms with Gasteiger partial charge in [-0.25, -0.2) is 0 Å². The van der Waals surface area contributed by atoms with Gasteiger partial charge in [0.15, 0.2) is 0 Å². The van der Waals surface area contributed by atoms with Crippen LogP contribution in [0.3, 0.4) is 0 Å². The van der Waals surface area contributed by atoms with Crippen molar-refractivity contribution in [3.05, 3.63) is 33.9 Å². The van der Waals surface area contributed by atoms with Crippen molar-refractivity contribution < 1.29 is 9.59 Å². The summed E-state index contributed by atoms with van der Waals surface area (Å²) >= 11 is 0. The van der Waals surface area contributed by atoms with E-state index in [-0.39, 0.29) is 28.2 Å². The summed E-state index contributed by atoms with van der Waals surface area (Å²) < 4.78 is 0. The molecule has 0 aliphatic carbocycles. The fourth-order valence-corrected chi connectivity index (χ4v) is 3.23. The van der Waals surface area contributed by atoms with E-state index in [2.05, 4.69) is 6.92 Å². The molecule has 0 bridgehead atoms. The molecule has 0 N–H and O–H groups in total. The molecule has 2 amide bonds. The zero-order valence-corrected chi connectivity index (χ0v) is 14.9. The first-order valence-corrected chi connectivity index (χ1v) is 8.90. The molecule has 0 fully saturated rings. The molecule has 5 heteroatoms. The van der Waals surface area contributed by atoms with Crippen LogP contribution < -0.4 is 0 Å². The van der Waals surface area contributed by atoms with Crippen LogP contribution in [0.4, 0.5) is 0 Å². The summed E-state index contributed by atoms with van der Waals surface area (Å²) in [4.78, 5) is 26.4. The topological polar surface area (TPSA) is 85.0 Å². The van der Waals surface area contributed by atoms with Crippen LogP contribution in [-0.2, 0) is 0 Å². The number of fused-ring (bicyclic) bond motifs is 1. The summed E-state index contributed by atoms with van der Waals surface area (Å²) in [6.45, 7) is 4.18. The van der Waals surface area contributed by atoms with Gasteiger partial charge < -0.3 is 0 Å². The number of nitriles is 2. The lowest BCUT2D eigenvalue weighted by atomic mass is 9.94. The second-order valence-electron chi connectivity index (χ2n) is 6.45. The number of hydrogen-bond acceptors (Lipinski definition) is 4. The van der Waals surface area contributed by atoms with Gasteiger partial charge in [-0.05, 0) is 25.0 Å². The van der Waals surface area contributed by atoms with Crippen LogP contribution in [0.25, 0.3) is 0 Å². The second kappa shape index (κ2) is 8.44. The van der Waals surface area contributed by atoms with Crippen molar-refractivity contribution >= 4 is 11.8 Å². The zero-order valence-electron chi connectivity index (χ0n) is 14.9. The summed E-state index contributed by atoms with van der Waals surface area (Å²) in [7, 11) is 0. The summed E-state index contributed by atoms with van der Waals surface area (Å²) in [5.41, 5.74) is 1.23. The molecule has 0 saturated heterocycles. The van der Waals surface area contributed by atoms with Gasteiger partial charge in [0.05, 0.1) is 28.3 Å². The molecule has 0 saturated carbocycles. The van der Waals surface area contributed by atoms with Crippen LogP contribution in [0.2, 0.25) is 0 Å². The molecule has 0 spiro atoms. The van der Waals surface area contributed by atoms with Gasteiger partial charge in [-0.3, -0.25) is 14.5 Å². The molecule has 2 rings (SSSR count). The largest absolute Gasteiger partial charge is 0.274 e. The molecular formula is C20H23N3O2. The van der Waals surface area contributed by atoms with E-state index < -0.39 is 5.91 Å². The first-order valence-electron chi connectivity index (χ1n) is 8.90. The molecule has 1 aliphatic rings. The van der Waals surface area contributed by atoms with Crippen LogP contribution in [0.15, 0.2) is 6.07 Å². The fraction of sp³-hybridized carbons (Fsp3) is 0.500. The van der Waals surface area contributed by atoms with Gasteiger partial charge in [0.1, 0.15) is 6.07 Å². The highest BCUT2D eigenvalue weighted by atomic mass is 16.2. The number of hydrogen-bond donors (Lipinski definition) is 0. The molecule has 130 valence electrons. The van der Waals surface area contributed by atoms with Gasteiger partial charge >= 0.3 is 0 Å². The lowest BCUT2D eigenvalue weighted by Crippen LogP contribution is -2.30. The van der Waals surface area contributed by atoms with Crippen molar-refractivity contribution in [2.45, 2.75) is 58.8 Å². The molecule has 0 atom stereocenters. The summed E-state index contributed by atoms with van der Waals surface area (Å²) in [5.74, 6) is -0.797. The van der Waals surface area contributed by atoms with E-state index >= 15 is 0 Å². The molecule has 1 heterocycles. The maximum absolute atomic E-state index is 12.6. The third kappa shape index (κ3) is 3.72. The highest BCUT2D eigenvalue weighted by Crippen LogP contribution is 2.30. The Labute approximate surface area is 148 Å². The molecular weight excluding hydrogens is 314 g/mol. The third-order valence-electron chi connectivity index (χ3n) is 4.74. The first kappa shape index (κ1) is 18.7. The molecule has 1 aromatic carbocycles. The SMILES string of the molecule is CCCCCCCCCN1C(=O)c2cc(C#N)c(C)c(C#N)c2C1=O. The Balaban J connectivity index is 2.08. The number of benzene rings is 1. The smallest absolute Gasteiger partial charge is 0.262 e. The Morgan fingerprint density at radius 2 is 1.60 bits per heavy atom. The quantitative estimate of drug-likeness (QED) is 0.528. The average molecular weight is 337 g/mol. The Morgan fingerprint density at radius 1 is 0.960 bits per heavy atom. The lowest BCUT2D eigenvalue weighted by Gasteiger charge is -2.13.